The zero-order chi connectivity index (χ0) is 22.2. The van der Waals surface area contributed by atoms with Crippen LogP contribution in [0.2, 0.25) is 0 Å². The van der Waals surface area contributed by atoms with E-state index in [0.717, 1.165) is 31.4 Å². The number of rotatable bonds is 9. The average Bonchev–Trinajstić information content (AvgIpc) is 3.26. The Labute approximate surface area is 183 Å². The molecule has 3 atom stereocenters. The van der Waals surface area contributed by atoms with Crippen LogP contribution in [0.4, 0.5) is 0 Å². The SMILES string of the molecule is C[C@H](NC(=O)[C@H]1C[C@H](CCc2ccccc2)CN1)C(=O)NCc1ccc(C(=N)N)cc1. The number of nitrogens with one attached hydrogen (secondary N) is 4. The van der Waals surface area contributed by atoms with Gasteiger partial charge >= 0.3 is 0 Å². The number of nitrogens with two attached hydrogens (primary N) is 1. The largest absolute Gasteiger partial charge is 0.384 e. The molecule has 0 spiro atoms. The third kappa shape index (κ3) is 6.65. The molecule has 0 unspecified atom stereocenters. The van der Waals surface area contributed by atoms with Crippen molar-refractivity contribution in [2.24, 2.45) is 11.7 Å². The number of amides is 2. The van der Waals surface area contributed by atoms with Crippen molar-refractivity contribution in [3.05, 3.63) is 71.3 Å². The maximum atomic E-state index is 12.6. The Morgan fingerprint density at radius 1 is 1.13 bits per heavy atom. The van der Waals surface area contributed by atoms with Crippen LogP contribution in [-0.4, -0.2) is 36.3 Å². The fourth-order valence-electron chi connectivity index (χ4n) is 3.77. The minimum Gasteiger partial charge on any atom is -0.384 e. The second-order valence-corrected chi connectivity index (χ2v) is 8.15. The standard InChI is InChI=1S/C24H31N5O2/c1-16(23(30)28-14-18-9-11-20(12-10-18)22(25)26)29-24(31)21-13-19(15-27-21)8-7-17-5-3-2-4-6-17/h2-6,9-12,16,19,21,27H,7-8,13-15H2,1H3,(H3,25,26)(H,28,30)(H,29,31)/t16-,19-,21+/m0/s1. The van der Waals surface area contributed by atoms with Crippen LogP contribution in [0.5, 0.6) is 0 Å². The molecular weight excluding hydrogens is 390 g/mol. The Kier molecular flexibility index (Phi) is 7.78. The topological polar surface area (TPSA) is 120 Å². The molecule has 0 aliphatic carbocycles. The molecule has 6 N–H and O–H groups in total. The van der Waals surface area contributed by atoms with Gasteiger partial charge in [0.05, 0.1) is 6.04 Å². The first kappa shape index (κ1) is 22.5. The van der Waals surface area contributed by atoms with Crippen molar-refractivity contribution >= 4 is 17.6 Å². The van der Waals surface area contributed by atoms with Crippen molar-refractivity contribution in [1.82, 2.24) is 16.0 Å². The lowest BCUT2D eigenvalue weighted by Crippen LogP contribution is -2.49. The van der Waals surface area contributed by atoms with Gasteiger partial charge < -0.3 is 21.7 Å². The number of carbonyl (C=O) groups is 2. The molecule has 3 rings (SSSR count). The summed E-state index contributed by atoms with van der Waals surface area (Å²) in [5.74, 6) is 0.103. The normalized spacial score (nSPS) is 18.9. The fraction of sp³-hybridized carbons (Fsp3) is 0.375. The van der Waals surface area contributed by atoms with Crippen molar-refractivity contribution in [2.45, 2.75) is 44.8 Å². The zero-order valence-corrected chi connectivity index (χ0v) is 17.9. The highest BCUT2D eigenvalue weighted by Gasteiger charge is 2.30. The van der Waals surface area contributed by atoms with Crippen LogP contribution in [0, 0.1) is 11.3 Å². The van der Waals surface area contributed by atoms with Crippen molar-refractivity contribution in [1.29, 1.82) is 5.41 Å². The minimum absolute atomic E-state index is 0.00903. The first-order chi connectivity index (χ1) is 14.9. The molecule has 7 heteroatoms. The van der Waals surface area contributed by atoms with Gasteiger partial charge in [0.1, 0.15) is 11.9 Å². The Balaban J connectivity index is 1.39. The van der Waals surface area contributed by atoms with Gasteiger partial charge in [0.15, 0.2) is 0 Å². The summed E-state index contributed by atoms with van der Waals surface area (Å²) in [6, 6.07) is 16.6. The zero-order valence-electron chi connectivity index (χ0n) is 17.9. The average molecular weight is 422 g/mol. The molecule has 1 saturated heterocycles. The highest BCUT2D eigenvalue weighted by Crippen LogP contribution is 2.20. The lowest BCUT2D eigenvalue weighted by atomic mass is 9.96. The number of nitrogen functional groups attached to an aromatic ring is 1. The maximum absolute atomic E-state index is 12.6. The van der Waals surface area contributed by atoms with Gasteiger partial charge in [0.25, 0.3) is 0 Å². The summed E-state index contributed by atoms with van der Waals surface area (Å²) in [4.78, 5) is 24.9. The van der Waals surface area contributed by atoms with Crippen LogP contribution < -0.4 is 21.7 Å². The van der Waals surface area contributed by atoms with Crippen molar-refractivity contribution in [2.75, 3.05) is 6.54 Å². The Hall–Kier alpha value is -3.19. The van der Waals surface area contributed by atoms with Gasteiger partial charge in [-0.15, -0.1) is 0 Å². The number of benzene rings is 2. The van der Waals surface area contributed by atoms with E-state index in [2.05, 4.69) is 28.1 Å². The van der Waals surface area contributed by atoms with E-state index in [0.29, 0.717) is 18.0 Å². The summed E-state index contributed by atoms with van der Waals surface area (Å²) in [6.07, 6.45) is 2.84. The van der Waals surface area contributed by atoms with E-state index in [-0.39, 0.29) is 23.7 Å². The number of hydrogen-bond acceptors (Lipinski definition) is 4. The maximum Gasteiger partial charge on any atom is 0.242 e. The second-order valence-electron chi connectivity index (χ2n) is 8.15. The fourth-order valence-corrected chi connectivity index (χ4v) is 3.77. The van der Waals surface area contributed by atoms with Crippen LogP contribution in [0.1, 0.15) is 36.5 Å². The van der Waals surface area contributed by atoms with Crippen molar-refractivity contribution in [3.8, 4) is 0 Å². The van der Waals surface area contributed by atoms with Gasteiger partial charge in [-0.1, -0.05) is 54.6 Å². The molecule has 0 aromatic heterocycles. The Bertz CT molecular complexity index is 898. The molecule has 0 saturated carbocycles. The smallest absolute Gasteiger partial charge is 0.242 e. The molecule has 1 aliphatic heterocycles. The number of carbonyl (C=O) groups excluding carboxylic acids is 2. The Morgan fingerprint density at radius 3 is 2.52 bits per heavy atom. The molecular formula is C24H31N5O2. The molecule has 0 radical (unpaired) electrons. The molecule has 2 aromatic carbocycles. The lowest BCUT2D eigenvalue weighted by molar-refractivity contribution is -0.129. The third-order valence-electron chi connectivity index (χ3n) is 5.71. The van der Waals surface area contributed by atoms with E-state index in [1.807, 2.05) is 30.3 Å². The minimum atomic E-state index is -0.617. The van der Waals surface area contributed by atoms with E-state index in [1.54, 1.807) is 19.1 Å². The van der Waals surface area contributed by atoms with Gasteiger partial charge in [-0.05, 0) is 49.8 Å². The van der Waals surface area contributed by atoms with Gasteiger partial charge in [0.2, 0.25) is 11.8 Å². The first-order valence-electron chi connectivity index (χ1n) is 10.7. The van der Waals surface area contributed by atoms with Crippen LogP contribution in [0.3, 0.4) is 0 Å². The Morgan fingerprint density at radius 2 is 1.84 bits per heavy atom. The predicted octanol–water partition coefficient (Wildman–Crippen LogP) is 1.70. The molecule has 2 amide bonds. The van der Waals surface area contributed by atoms with Gasteiger partial charge in [-0.2, -0.15) is 0 Å². The number of hydrogen-bond donors (Lipinski definition) is 5. The van der Waals surface area contributed by atoms with E-state index < -0.39 is 6.04 Å². The van der Waals surface area contributed by atoms with Crippen LogP contribution in [0.15, 0.2) is 54.6 Å². The molecule has 31 heavy (non-hydrogen) atoms. The summed E-state index contributed by atoms with van der Waals surface area (Å²) < 4.78 is 0. The van der Waals surface area contributed by atoms with Crippen molar-refractivity contribution in [3.63, 3.8) is 0 Å². The van der Waals surface area contributed by atoms with E-state index in [4.69, 9.17) is 11.1 Å². The summed E-state index contributed by atoms with van der Waals surface area (Å²) in [5, 5.41) is 16.3. The van der Waals surface area contributed by atoms with E-state index in [1.165, 1.54) is 5.56 Å². The second kappa shape index (κ2) is 10.7. The van der Waals surface area contributed by atoms with Gasteiger partial charge in [0, 0.05) is 12.1 Å². The van der Waals surface area contributed by atoms with Crippen LogP contribution >= 0.6 is 0 Å². The molecule has 1 fully saturated rings. The molecule has 0 bridgehead atoms. The molecule has 164 valence electrons. The number of amidine groups is 1. The summed E-state index contributed by atoms with van der Waals surface area (Å²) in [5.41, 5.74) is 8.30. The summed E-state index contributed by atoms with van der Waals surface area (Å²) in [7, 11) is 0. The number of aryl methyl sites for hydroxylation is 1. The highest BCUT2D eigenvalue weighted by atomic mass is 16.2. The van der Waals surface area contributed by atoms with Gasteiger partial charge in [-0.3, -0.25) is 15.0 Å². The van der Waals surface area contributed by atoms with E-state index in [9.17, 15) is 9.59 Å². The van der Waals surface area contributed by atoms with Crippen molar-refractivity contribution < 1.29 is 9.59 Å². The summed E-state index contributed by atoms with van der Waals surface area (Å²) in [6.45, 7) is 2.86. The molecule has 1 heterocycles. The van der Waals surface area contributed by atoms with E-state index >= 15 is 0 Å². The molecule has 2 aromatic rings. The van der Waals surface area contributed by atoms with Crippen LogP contribution in [-0.2, 0) is 22.6 Å². The quantitative estimate of drug-likeness (QED) is 0.313. The van der Waals surface area contributed by atoms with Gasteiger partial charge in [-0.25, -0.2) is 0 Å². The highest BCUT2D eigenvalue weighted by molar-refractivity contribution is 5.95. The lowest BCUT2D eigenvalue weighted by Gasteiger charge is -2.17. The summed E-state index contributed by atoms with van der Waals surface area (Å²) >= 11 is 0. The van der Waals surface area contributed by atoms with Crippen LogP contribution in [0.25, 0.3) is 0 Å². The molecule has 1 aliphatic rings. The third-order valence-corrected chi connectivity index (χ3v) is 5.71. The molecule has 7 nitrogen and oxygen atoms in total. The monoisotopic (exact) mass is 421 g/mol. The first-order valence-corrected chi connectivity index (χ1v) is 10.7. The predicted molar refractivity (Wildman–Crippen MR) is 122 cm³/mol.